The highest BCUT2D eigenvalue weighted by Crippen LogP contribution is 2.20. The van der Waals surface area contributed by atoms with Crippen LogP contribution in [0.25, 0.3) is 0 Å². The van der Waals surface area contributed by atoms with Crippen LogP contribution >= 0.6 is 0 Å². The molecule has 0 aromatic heterocycles. The third-order valence-electron chi connectivity index (χ3n) is 3.00. The lowest BCUT2D eigenvalue weighted by atomic mass is 9.94. The fourth-order valence-electron chi connectivity index (χ4n) is 2.02. The summed E-state index contributed by atoms with van der Waals surface area (Å²) in [5, 5.41) is 3.51. The summed E-state index contributed by atoms with van der Waals surface area (Å²) in [4.78, 5) is 0. The first-order chi connectivity index (χ1) is 8.27. The quantitative estimate of drug-likeness (QED) is 0.699. The van der Waals surface area contributed by atoms with Gasteiger partial charge in [0, 0.05) is 20.3 Å². The zero-order chi connectivity index (χ0) is 12.5. The second-order valence-electron chi connectivity index (χ2n) is 4.60. The van der Waals surface area contributed by atoms with E-state index in [9.17, 15) is 0 Å². The fourth-order valence-corrected chi connectivity index (χ4v) is 2.02. The van der Waals surface area contributed by atoms with E-state index in [1.807, 2.05) is 0 Å². The Kier molecular flexibility index (Phi) is 6.90. The number of hydrogen-bond donors (Lipinski definition) is 1. The summed E-state index contributed by atoms with van der Waals surface area (Å²) in [5.74, 6) is 0.557. The van der Waals surface area contributed by atoms with E-state index in [0.29, 0.717) is 5.92 Å². The molecule has 0 amide bonds. The molecular formula is C15H25NO. The van der Waals surface area contributed by atoms with Crippen LogP contribution in [0.15, 0.2) is 24.3 Å². The van der Waals surface area contributed by atoms with Gasteiger partial charge < -0.3 is 10.1 Å². The zero-order valence-corrected chi connectivity index (χ0v) is 11.3. The first-order valence-corrected chi connectivity index (χ1v) is 6.54. The van der Waals surface area contributed by atoms with Crippen molar-refractivity contribution < 1.29 is 4.74 Å². The number of hydrogen-bond acceptors (Lipinski definition) is 2. The van der Waals surface area contributed by atoms with Crippen LogP contribution in [0, 0.1) is 6.92 Å². The molecule has 1 unspecified atom stereocenters. The monoisotopic (exact) mass is 235 g/mol. The van der Waals surface area contributed by atoms with Crippen molar-refractivity contribution in [2.24, 2.45) is 0 Å². The molecule has 0 aliphatic carbocycles. The van der Waals surface area contributed by atoms with E-state index in [4.69, 9.17) is 4.74 Å². The van der Waals surface area contributed by atoms with Crippen LogP contribution in [0.1, 0.15) is 36.8 Å². The second kappa shape index (κ2) is 8.26. The number of methoxy groups -OCH3 is 1. The highest BCUT2D eigenvalue weighted by molar-refractivity contribution is 5.25. The number of rotatable bonds is 8. The van der Waals surface area contributed by atoms with E-state index in [2.05, 4.69) is 43.4 Å². The highest BCUT2D eigenvalue weighted by atomic mass is 16.5. The maximum atomic E-state index is 5.20. The summed E-state index contributed by atoms with van der Waals surface area (Å²) in [7, 11) is 1.77. The number of ether oxygens (including phenoxy) is 1. The number of aryl methyl sites for hydroxylation is 1. The third kappa shape index (κ3) is 5.33. The molecule has 0 saturated heterocycles. The zero-order valence-electron chi connectivity index (χ0n) is 11.3. The van der Waals surface area contributed by atoms with Crippen molar-refractivity contribution in [2.45, 2.75) is 32.6 Å². The molecule has 1 rings (SSSR count). The van der Waals surface area contributed by atoms with Crippen LogP contribution in [0.3, 0.4) is 0 Å². The molecule has 1 aromatic carbocycles. The van der Waals surface area contributed by atoms with Gasteiger partial charge in [0.25, 0.3) is 0 Å². The van der Waals surface area contributed by atoms with Gasteiger partial charge in [-0.05, 0) is 37.8 Å². The van der Waals surface area contributed by atoms with Gasteiger partial charge in [-0.15, -0.1) is 0 Å². The van der Waals surface area contributed by atoms with E-state index in [-0.39, 0.29) is 0 Å². The molecule has 0 bridgehead atoms. The van der Waals surface area contributed by atoms with Crippen LogP contribution in [-0.2, 0) is 4.74 Å². The lowest BCUT2D eigenvalue weighted by Gasteiger charge is -2.18. The second-order valence-corrected chi connectivity index (χ2v) is 4.60. The molecule has 17 heavy (non-hydrogen) atoms. The van der Waals surface area contributed by atoms with Gasteiger partial charge in [0.05, 0.1) is 0 Å². The van der Waals surface area contributed by atoms with Crippen molar-refractivity contribution in [2.75, 3.05) is 26.8 Å². The molecule has 0 spiro atoms. The molecule has 0 fully saturated rings. The molecule has 96 valence electrons. The summed E-state index contributed by atoms with van der Waals surface area (Å²) in [6, 6.07) is 8.80. The van der Waals surface area contributed by atoms with Crippen LogP contribution in [-0.4, -0.2) is 26.8 Å². The van der Waals surface area contributed by atoms with Crippen LogP contribution in [0.2, 0.25) is 0 Å². The molecule has 1 N–H and O–H groups in total. The maximum absolute atomic E-state index is 5.20. The Bertz CT molecular complexity index is 312. The Hall–Kier alpha value is -0.860. The van der Waals surface area contributed by atoms with Crippen LogP contribution in [0.4, 0.5) is 0 Å². The molecule has 0 aliphatic rings. The van der Waals surface area contributed by atoms with Crippen molar-refractivity contribution in [1.82, 2.24) is 5.32 Å². The predicted octanol–water partition coefficient (Wildman–Crippen LogP) is 3.11. The largest absolute Gasteiger partial charge is 0.385 e. The van der Waals surface area contributed by atoms with Gasteiger partial charge in [0.15, 0.2) is 0 Å². The molecule has 0 radical (unpaired) electrons. The van der Waals surface area contributed by atoms with Crippen molar-refractivity contribution in [1.29, 1.82) is 0 Å². The fraction of sp³-hybridized carbons (Fsp3) is 0.600. The van der Waals surface area contributed by atoms with Gasteiger partial charge in [-0.2, -0.15) is 0 Å². The minimum absolute atomic E-state index is 0.557. The van der Waals surface area contributed by atoms with E-state index in [1.54, 1.807) is 7.11 Å². The van der Waals surface area contributed by atoms with Gasteiger partial charge in [-0.3, -0.25) is 0 Å². The van der Waals surface area contributed by atoms with E-state index < -0.39 is 0 Å². The van der Waals surface area contributed by atoms with Crippen molar-refractivity contribution >= 4 is 0 Å². The molecule has 0 aliphatic heterocycles. The summed E-state index contributed by atoms with van der Waals surface area (Å²) < 4.78 is 5.20. The third-order valence-corrected chi connectivity index (χ3v) is 3.00. The predicted molar refractivity (Wildman–Crippen MR) is 73.6 cm³/mol. The van der Waals surface area contributed by atoms with Crippen molar-refractivity contribution in [3.63, 3.8) is 0 Å². The van der Waals surface area contributed by atoms with Crippen molar-refractivity contribution in [3.8, 4) is 0 Å². The molecule has 2 heteroatoms. The standard InChI is InChI=1S/C15H25NO/c1-4-9-16-12-15(8-10-17-3)14-7-5-6-13(2)11-14/h5-7,11,15-16H,4,8-10,12H2,1-3H3. The minimum Gasteiger partial charge on any atom is -0.385 e. The molecule has 1 atom stereocenters. The molecule has 0 heterocycles. The average molecular weight is 235 g/mol. The lowest BCUT2D eigenvalue weighted by Crippen LogP contribution is -2.23. The highest BCUT2D eigenvalue weighted by Gasteiger charge is 2.10. The first kappa shape index (κ1) is 14.2. The average Bonchev–Trinajstić information content (AvgIpc) is 2.33. The normalized spacial score (nSPS) is 12.6. The minimum atomic E-state index is 0.557. The smallest absolute Gasteiger partial charge is 0.0468 e. The Morgan fingerprint density at radius 3 is 2.82 bits per heavy atom. The summed E-state index contributed by atoms with van der Waals surface area (Å²) in [6.07, 6.45) is 2.27. The van der Waals surface area contributed by atoms with Gasteiger partial charge in [0.1, 0.15) is 0 Å². The Morgan fingerprint density at radius 2 is 2.18 bits per heavy atom. The van der Waals surface area contributed by atoms with Gasteiger partial charge in [-0.25, -0.2) is 0 Å². The van der Waals surface area contributed by atoms with Crippen LogP contribution in [0.5, 0.6) is 0 Å². The van der Waals surface area contributed by atoms with E-state index in [0.717, 1.165) is 26.1 Å². The SMILES string of the molecule is CCCNCC(CCOC)c1cccc(C)c1. The van der Waals surface area contributed by atoms with Gasteiger partial charge in [0.2, 0.25) is 0 Å². The summed E-state index contributed by atoms with van der Waals surface area (Å²) >= 11 is 0. The van der Waals surface area contributed by atoms with E-state index in [1.165, 1.54) is 17.5 Å². The molecule has 2 nitrogen and oxygen atoms in total. The Morgan fingerprint density at radius 1 is 1.35 bits per heavy atom. The Balaban J connectivity index is 2.60. The van der Waals surface area contributed by atoms with E-state index >= 15 is 0 Å². The molecule has 0 saturated carbocycles. The molecule has 1 aromatic rings. The Labute approximate surface area is 105 Å². The maximum Gasteiger partial charge on any atom is 0.0468 e. The first-order valence-electron chi connectivity index (χ1n) is 6.54. The number of benzene rings is 1. The van der Waals surface area contributed by atoms with Crippen LogP contribution < -0.4 is 5.32 Å². The lowest BCUT2D eigenvalue weighted by molar-refractivity contribution is 0.187. The molecular weight excluding hydrogens is 210 g/mol. The topological polar surface area (TPSA) is 21.3 Å². The summed E-state index contributed by atoms with van der Waals surface area (Å²) in [6.45, 7) is 7.31. The van der Waals surface area contributed by atoms with Gasteiger partial charge in [-0.1, -0.05) is 36.8 Å². The van der Waals surface area contributed by atoms with Crippen molar-refractivity contribution in [3.05, 3.63) is 35.4 Å². The summed E-state index contributed by atoms with van der Waals surface area (Å²) in [5.41, 5.74) is 2.76. The number of nitrogens with one attached hydrogen (secondary N) is 1. The van der Waals surface area contributed by atoms with Gasteiger partial charge >= 0.3 is 0 Å².